The fraction of sp³-hybridized carbons (Fsp3) is 0.211. The molecule has 4 rings (SSSR count). The van der Waals surface area contributed by atoms with E-state index in [2.05, 4.69) is 31.3 Å². The first-order valence-electron chi connectivity index (χ1n) is 8.40. The van der Waals surface area contributed by atoms with Crippen LogP contribution in [0, 0.1) is 0 Å². The smallest absolute Gasteiger partial charge is 0.234 e. The molecule has 1 amide bonds. The van der Waals surface area contributed by atoms with E-state index in [0.717, 1.165) is 34.5 Å². The maximum Gasteiger partial charge on any atom is 0.234 e. The van der Waals surface area contributed by atoms with Crippen molar-refractivity contribution in [2.45, 2.75) is 23.9 Å². The number of nitrogens with one attached hydrogen (secondary N) is 1. The monoisotopic (exact) mass is 428 g/mol. The number of carbonyl (C=O) groups is 1. The molecule has 0 radical (unpaired) electrons. The number of thioether (sulfide) groups is 1. The average Bonchev–Trinajstić information content (AvgIpc) is 3.42. The Morgan fingerprint density at radius 3 is 2.62 bits per heavy atom. The molecule has 0 unspecified atom stereocenters. The molecule has 26 heavy (non-hydrogen) atoms. The van der Waals surface area contributed by atoms with Crippen molar-refractivity contribution in [2.75, 3.05) is 11.1 Å². The molecule has 1 fully saturated rings. The summed E-state index contributed by atoms with van der Waals surface area (Å²) in [5.74, 6) is 1.66. The minimum atomic E-state index is -0.0778. The third-order valence-corrected chi connectivity index (χ3v) is 5.57. The van der Waals surface area contributed by atoms with E-state index >= 15 is 0 Å². The maximum absolute atomic E-state index is 12.2. The van der Waals surface area contributed by atoms with E-state index in [0.29, 0.717) is 11.1 Å². The van der Waals surface area contributed by atoms with Crippen molar-refractivity contribution in [1.29, 1.82) is 0 Å². The van der Waals surface area contributed by atoms with Crippen molar-refractivity contribution in [3.8, 4) is 5.69 Å². The standard InChI is InChI=1S/C19H17BrN4OS/c20-15-8-4-5-9-16(15)21-17(25)12-26-19-22-18(13-10-11-13)24(23-19)14-6-2-1-3-7-14/h1-9,13H,10-12H2,(H,21,25). The van der Waals surface area contributed by atoms with E-state index in [1.54, 1.807) is 0 Å². The molecule has 1 saturated carbocycles. The number of carbonyl (C=O) groups excluding carboxylic acids is 1. The van der Waals surface area contributed by atoms with Crippen LogP contribution in [-0.4, -0.2) is 26.4 Å². The molecule has 1 aromatic heterocycles. The van der Waals surface area contributed by atoms with Crippen molar-refractivity contribution < 1.29 is 4.79 Å². The summed E-state index contributed by atoms with van der Waals surface area (Å²) in [4.78, 5) is 16.9. The molecule has 5 nitrogen and oxygen atoms in total. The topological polar surface area (TPSA) is 59.8 Å². The van der Waals surface area contributed by atoms with E-state index in [4.69, 9.17) is 0 Å². The van der Waals surface area contributed by atoms with Crippen molar-refractivity contribution in [2.24, 2.45) is 0 Å². The van der Waals surface area contributed by atoms with Crippen LogP contribution in [-0.2, 0) is 4.79 Å². The van der Waals surface area contributed by atoms with Crippen molar-refractivity contribution in [1.82, 2.24) is 14.8 Å². The lowest BCUT2D eigenvalue weighted by Gasteiger charge is -2.05. The molecule has 0 saturated heterocycles. The Labute approximate surface area is 164 Å². The predicted molar refractivity (Wildman–Crippen MR) is 107 cm³/mol. The highest BCUT2D eigenvalue weighted by Gasteiger charge is 2.30. The first-order valence-corrected chi connectivity index (χ1v) is 10.2. The zero-order valence-corrected chi connectivity index (χ0v) is 16.3. The van der Waals surface area contributed by atoms with Gasteiger partial charge in [-0.25, -0.2) is 9.67 Å². The van der Waals surface area contributed by atoms with Crippen LogP contribution in [0.25, 0.3) is 5.69 Å². The minimum Gasteiger partial charge on any atom is -0.324 e. The summed E-state index contributed by atoms with van der Waals surface area (Å²) in [6.45, 7) is 0. The van der Waals surface area contributed by atoms with Crippen LogP contribution in [0.2, 0.25) is 0 Å². The van der Waals surface area contributed by atoms with E-state index in [9.17, 15) is 4.79 Å². The van der Waals surface area contributed by atoms with Gasteiger partial charge in [0.05, 0.1) is 17.1 Å². The van der Waals surface area contributed by atoms with Crippen LogP contribution in [0.5, 0.6) is 0 Å². The highest BCUT2D eigenvalue weighted by atomic mass is 79.9. The van der Waals surface area contributed by atoms with Gasteiger partial charge in [0.2, 0.25) is 11.1 Å². The summed E-state index contributed by atoms with van der Waals surface area (Å²) >= 11 is 4.79. The van der Waals surface area contributed by atoms with Gasteiger partial charge in [0.25, 0.3) is 0 Å². The van der Waals surface area contributed by atoms with Crippen molar-refractivity contribution in [3.63, 3.8) is 0 Å². The zero-order chi connectivity index (χ0) is 17.9. The van der Waals surface area contributed by atoms with Crippen LogP contribution in [0.15, 0.2) is 64.2 Å². The largest absolute Gasteiger partial charge is 0.324 e. The highest BCUT2D eigenvalue weighted by molar-refractivity contribution is 9.10. The summed E-state index contributed by atoms with van der Waals surface area (Å²) < 4.78 is 2.77. The molecule has 1 N–H and O–H groups in total. The Balaban J connectivity index is 1.45. The molecule has 1 aliphatic carbocycles. The Kier molecular flexibility index (Phi) is 5.08. The molecule has 3 aromatic rings. The minimum absolute atomic E-state index is 0.0778. The van der Waals surface area contributed by atoms with Crippen LogP contribution in [0.4, 0.5) is 5.69 Å². The van der Waals surface area contributed by atoms with E-state index < -0.39 is 0 Å². The maximum atomic E-state index is 12.2. The van der Waals surface area contributed by atoms with Gasteiger partial charge in [-0.05, 0) is 53.0 Å². The quantitative estimate of drug-likeness (QED) is 0.580. The van der Waals surface area contributed by atoms with Gasteiger partial charge in [-0.3, -0.25) is 4.79 Å². The van der Waals surface area contributed by atoms with Crippen LogP contribution < -0.4 is 5.32 Å². The van der Waals surface area contributed by atoms with Crippen LogP contribution in [0.3, 0.4) is 0 Å². The Morgan fingerprint density at radius 1 is 1.15 bits per heavy atom. The summed E-state index contributed by atoms with van der Waals surface area (Å²) in [6.07, 6.45) is 2.30. The molecule has 0 atom stereocenters. The van der Waals surface area contributed by atoms with E-state index in [-0.39, 0.29) is 11.7 Å². The first kappa shape index (κ1) is 17.3. The van der Waals surface area contributed by atoms with Gasteiger partial charge in [0.1, 0.15) is 5.82 Å². The van der Waals surface area contributed by atoms with Gasteiger partial charge in [0.15, 0.2) is 0 Å². The second kappa shape index (κ2) is 7.63. The summed E-state index contributed by atoms with van der Waals surface area (Å²) in [7, 11) is 0. The third-order valence-electron chi connectivity index (χ3n) is 4.04. The first-order chi connectivity index (χ1) is 12.7. The van der Waals surface area contributed by atoms with Gasteiger partial charge in [-0.15, -0.1) is 5.10 Å². The number of amides is 1. The number of anilines is 1. The predicted octanol–water partition coefficient (Wildman–Crippen LogP) is 4.64. The van der Waals surface area contributed by atoms with E-state index in [1.165, 1.54) is 11.8 Å². The molecule has 0 aliphatic heterocycles. The lowest BCUT2D eigenvalue weighted by atomic mass is 10.3. The van der Waals surface area contributed by atoms with E-state index in [1.807, 2.05) is 59.3 Å². The summed E-state index contributed by atoms with van der Waals surface area (Å²) in [6, 6.07) is 17.6. The van der Waals surface area contributed by atoms with Crippen LogP contribution >= 0.6 is 27.7 Å². The Hall–Kier alpha value is -2.12. The van der Waals surface area contributed by atoms with Gasteiger partial charge in [-0.1, -0.05) is 42.1 Å². The molecule has 1 aliphatic rings. The number of aromatic nitrogens is 3. The molecule has 2 aromatic carbocycles. The van der Waals surface area contributed by atoms with Gasteiger partial charge < -0.3 is 5.32 Å². The number of halogens is 1. The third kappa shape index (κ3) is 3.99. The Bertz CT molecular complexity index is 924. The SMILES string of the molecule is O=C(CSc1nc(C2CC2)n(-c2ccccc2)n1)Nc1ccccc1Br. The van der Waals surface area contributed by atoms with Crippen LogP contribution in [0.1, 0.15) is 24.6 Å². The van der Waals surface area contributed by atoms with Gasteiger partial charge >= 0.3 is 0 Å². The second-order valence-electron chi connectivity index (χ2n) is 6.09. The molecule has 1 heterocycles. The molecular formula is C19H17BrN4OS. The molecule has 7 heteroatoms. The van der Waals surface area contributed by atoms with Crippen molar-refractivity contribution >= 4 is 39.3 Å². The second-order valence-corrected chi connectivity index (χ2v) is 7.89. The number of nitrogens with zero attached hydrogens (tertiary/aromatic N) is 3. The lowest BCUT2D eigenvalue weighted by molar-refractivity contribution is -0.113. The summed E-state index contributed by atoms with van der Waals surface area (Å²) in [5, 5.41) is 8.15. The fourth-order valence-corrected chi connectivity index (χ4v) is 3.62. The molecule has 132 valence electrons. The number of hydrogen-bond acceptors (Lipinski definition) is 4. The normalized spacial score (nSPS) is 13.6. The molecular weight excluding hydrogens is 412 g/mol. The highest BCUT2D eigenvalue weighted by Crippen LogP contribution is 2.40. The Morgan fingerprint density at radius 2 is 1.88 bits per heavy atom. The fourth-order valence-electron chi connectivity index (χ4n) is 2.61. The summed E-state index contributed by atoms with van der Waals surface area (Å²) in [5.41, 5.74) is 1.77. The number of rotatable bonds is 6. The molecule has 0 spiro atoms. The van der Waals surface area contributed by atoms with Crippen molar-refractivity contribution in [3.05, 3.63) is 64.9 Å². The average molecular weight is 429 g/mol. The number of hydrogen-bond donors (Lipinski definition) is 1. The van der Waals surface area contributed by atoms with Gasteiger partial charge in [-0.2, -0.15) is 0 Å². The number of para-hydroxylation sites is 2. The van der Waals surface area contributed by atoms with Gasteiger partial charge in [0, 0.05) is 10.4 Å². The molecule has 0 bridgehead atoms. The number of benzene rings is 2. The lowest BCUT2D eigenvalue weighted by Crippen LogP contribution is -2.14. The zero-order valence-electron chi connectivity index (χ0n) is 13.9.